The molecule has 0 atom stereocenters. The zero-order valence-electron chi connectivity index (χ0n) is 12.9. The summed E-state index contributed by atoms with van der Waals surface area (Å²) in [6.45, 7) is 3.91. The quantitative estimate of drug-likeness (QED) is 0.577. The third-order valence-corrected chi connectivity index (χ3v) is 3.44. The molecule has 0 radical (unpaired) electrons. The van der Waals surface area contributed by atoms with Crippen LogP contribution in [0.1, 0.15) is 36.9 Å². The van der Waals surface area contributed by atoms with Crippen molar-refractivity contribution in [3.8, 4) is 6.07 Å². The van der Waals surface area contributed by atoms with E-state index in [4.69, 9.17) is 9.68 Å². The molecule has 23 heavy (non-hydrogen) atoms. The average Bonchev–Trinajstić information content (AvgIpc) is 2.99. The molecule has 0 bridgehead atoms. The van der Waals surface area contributed by atoms with E-state index in [1.54, 1.807) is 6.21 Å². The zero-order valence-corrected chi connectivity index (χ0v) is 12.9. The SMILES string of the molecule is CC(C)c1nc(C#N)c(N/N=C/c2cccc3ccccc23)o1. The number of fused-ring (bicyclic) bond motifs is 1. The molecule has 0 aliphatic rings. The monoisotopic (exact) mass is 304 g/mol. The van der Waals surface area contributed by atoms with Crippen LogP contribution in [0.5, 0.6) is 0 Å². The van der Waals surface area contributed by atoms with Gasteiger partial charge in [-0.05, 0) is 10.8 Å². The van der Waals surface area contributed by atoms with Gasteiger partial charge >= 0.3 is 0 Å². The van der Waals surface area contributed by atoms with Crippen LogP contribution in [-0.2, 0) is 0 Å². The summed E-state index contributed by atoms with van der Waals surface area (Å²) in [7, 11) is 0. The summed E-state index contributed by atoms with van der Waals surface area (Å²) in [5, 5.41) is 15.6. The number of oxazole rings is 1. The molecule has 1 N–H and O–H groups in total. The van der Waals surface area contributed by atoms with Crippen LogP contribution in [0.25, 0.3) is 10.8 Å². The molecule has 5 nitrogen and oxygen atoms in total. The molecule has 0 saturated carbocycles. The predicted molar refractivity (Wildman–Crippen MR) is 90.5 cm³/mol. The molecule has 0 aliphatic heterocycles. The van der Waals surface area contributed by atoms with E-state index in [2.05, 4.69) is 27.6 Å². The summed E-state index contributed by atoms with van der Waals surface area (Å²) < 4.78 is 5.53. The van der Waals surface area contributed by atoms with Gasteiger partial charge in [0.1, 0.15) is 6.07 Å². The van der Waals surface area contributed by atoms with E-state index in [1.807, 2.05) is 50.2 Å². The minimum Gasteiger partial charge on any atom is -0.422 e. The first-order valence-electron chi connectivity index (χ1n) is 7.36. The average molecular weight is 304 g/mol. The van der Waals surface area contributed by atoms with Crippen LogP contribution >= 0.6 is 0 Å². The molecule has 1 heterocycles. The van der Waals surface area contributed by atoms with Crippen LogP contribution < -0.4 is 5.43 Å². The number of aromatic nitrogens is 1. The minimum absolute atomic E-state index is 0.111. The first kappa shape index (κ1) is 14.8. The van der Waals surface area contributed by atoms with Gasteiger partial charge in [-0.2, -0.15) is 10.4 Å². The van der Waals surface area contributed by atoms with E-state index in [0.29, 0.717) is 5.89 Å². The van der Waals surface area contributed by atoms with Gasteiger partial charge in [0.2, 0.25) is 11.6 Å². The van der Waals surface area contributed by atoms with Gasteiger partial charge < -0.3 is 4.42 Å². The van der Waals surface area contributed by atoms with Crippen LogP contribution in [-0.4, -0.2) is 11.2 Å². The van der Waals surface area contributed by atoms with E-state index < -0.39 is 0 Å². The van der Waals surface area contributed by atoms with Crippen LogP contribution in [0.3, 0.4) is 0 Å². The second-order valence-corrected chi connectivity index (χ2v) is 5.43. The van der Waals surface area contributed by atoms with Crippen LogP contribution in [0.4, 0.5) is 5.88 Å². The zero-order chi connectivity index (χ0) is 16.2. The maximum Gasteiger partial charge on any atom is 0.252 e. The first-order valence-corrected chi connectivity index (χ1v) is 7.36. The molecule has 1 aromatic heterocycles. The summed E-state index contributed by atoms with van der Waals surface area (Å²) in [5.41, 5.74) is 3.97. The summed E-state index contributed by atoms with van der Waals surface area (Å²) in [6.07, 6.45) is 1.71. The molecule has 5 heteroatoms. The van der Waals surface area contributed by atoms with Crippen molar-refractivity contribution in [3.63, 3.8) is 0 Å². The summed E-state index contributed by atoms with van der Waals surface area (Å²) in [5.74, 6) is 0.900. The van der Waals surface area contributed by atoms with Crippen LogP contribution in [0.2, 0.25) is 0 Å². The van der Waals surface area contributed by atoms with Crippen molar-refractivity contribution in [2.75, 3.05) is 5.43 Å². The Morgan fingerprint density at radius 3 is 2.78 bits per heavy atom. The molecule has 0 fully saturated rings. The highest BCUT2D eigenvalue weighted by atomic mass is 16.4. The second-order valence-electron chi connectivity index (χ2n) is 5.43. The molecule has 2 aromatic carbocycles. The molecule has 114 valence electrons. The van der Waals surface area contributed by atoms with Crippen molar-refractivity contribution in [2.24, 2.45) is 5.10 Å². The van der Waals surface area contributed by atoms with Crippen LogP contribution in [0.15, 0.2) is 52.0 Å². The third kappa shape index (κ3) is 3.06. The third-order valence-electron chi connectivity index (χ3n) is 3.44. The Hall–Kier alpha value is -3.13. The lowest BCUT2D eigenvalue weighted by atomic mass is 10.1. The van der Waals surface area contributed by atoms with E-state index in [-0.39, 0.29) is 17.5 Å². The molecule has 0 saturated heterocycles. The largest absolute Gasteiger partial charge is 0.422 e. The fourth-order valence-corrected chi connectivity index (χ4v) is 2.26. The second kappa shape index (κ2) is 6.32. The Balaban J connectivity index is 1.85. The lowest BCUT2D eigenvalue weighted by Gasteiger charge is -2.01. The van der Waals surface area contributed by atoms with Gasteiger partial charge in [0.25, 0.3) is 5.88 Å². The highest BCUT2D eigenvalue weighted by Crippen LogP contribution is 2.22. The number of hydrogen-bond donors (Lipinski definition) is 1. The maximum absolute atomic E-state index is 9.11. The maximum atomic E-state index is 9.11. The predicted octanol–water partition coefficient (Wildman–Crippen LogP) is 4.27. The smallest absolute Gasteiger partial charge is 0.252 e. The first-order chi connectivity index (χ1) is 11.2. The fraction of sp³-hybridized carbons (Fsp3) is 0.167. The molecule has 3 aromatic rings. The lowest BCUT2D eigenvalue weighted by molar-refractivity contribution is 0.481. The van der Waals surface area contributed by atoms with Gasteiger partial charge in [0.05, 0.1) is 6.21 Å². The molecule has 0 amide bonds. The van der Waals surface area contributed by atoms with Crippen molar-refractivity contribution in [1.82, 2.24) is 4.98 Å². The van der Waals surface area contributed by atoms with Crippen LogP contribution in [0, 0.1) is 11.3 Å². The Labute approximate surface area is 134 Å². The van der Waals surface area contributed by atoms with Crippen molar-refractivity contribution in [2.45, 2.75) is 19.8 Å². The van der Waals surface area contributed by atoms with E-state index in [0.717, 1.165) is 16.3 Å². The topological polar surface area (TPSA) is 74.2 Å². The van der Waals surface area contributed by atoms with E-state index in [1.165, 1.54) is 0 Å². The van der Waals surface area contributed by atoms with Crippen molar-refractivity contribution in [1.29, 1.82) is 5.26 Å². The van der Waals surface area contributed by atoms with Crippen molar-refractivity contribution >= 4 is 22.9 Å². The molecular formula is C18H16N4O. The molecule has 0 unspecified atom stereocenters. The highest BCUT2D eigenvalue weighted by Gasteiger charge is 2.14. The molecule has 3 rings (SSSR count). The summed E-state index contributed by atoms with van der Waals surface area (Å²) >= 11 is 0. The van der Waals surface area contributed by atoms with Gasteiger partial charge in [-0.15, -0.1) is 0 Å². The van der Waals surface area contributed by atoms with E-state index >= 15 is 0 Å². The highest BCUT2D eigenvalue weighted by molar-refractivity contribution is 5.99. The number of nitriles is 1. The number of rotatable bonds is 4. The van der Waals surface area contributed by atoms with Crippen molar-refractivity contribution in [3.05, 3.63) is 59.6 Å². The Morgan fingerprint density at radius 1 is 1.22 bits per heavy atom. The van der Waals surface area contributed by atoms with Gasteiger partial charge in [-0.3, -0.25) is 0 Å². The minimum atomic E-state index is 0.111. The molecular weight excluding hydrogens is 288 g/mol. The van der Waals surface area contributed by atoms with Gasteiger partial charge in [-0.1, -0.05) is 56.3 Å². The number of hydrazone groups is 1. The molecule has 0 aliphatic carbocycles. The van der Waals surface area contributed by atoms with Crippen molar-refractivity contribution < 1.29 is 4.42 Å². The van der Waals surface area contributed by atoms with Gasteiger partial charge in [0, 0.05) is 11.5 Å². The number of benzene rings is 2. The Morgan fingerprint density at radius 2 is 2.00 bits per heavy atom. The fourth-order valence-electron chi connectivity index (χ4n) is 2.26. The molecule has 0 spiro atoms. The van der Waals surface area contributed by atoms with Gasteiger partial charge in [0.15, 0.2) is 0 Å². The summed E-state index contributed by atoms with van der Waals surface area (Å²) in [4.78, 5) is 4.14. The lowest BCUT2D eigenvalue weighted by Crippen LogP contribution is -1.92. The standard InChI is InChI=1S/C18H16N4O/c1-12(2)17-21-16(10-19)18(23-17)22-20-11-14-8-5-7-13-6-3-4-9-15(13)14/h3-9,11-12,22H,1-2H3/b20-11+. The van der Waals surface area contributed by atoms with E-state index in [9.17, 15) is 0 Å². The number of nitrogens with one attached hydrogen (secondary N) is 1. The normalized spacial score (nSPS) is 11.2. The van der Waals surface area contributed by atoms with Gasteiger partial charge in [-0.25, -0.2) is 10.4 Å². The summed E-state index contributed by atoms with van der Waals surface area (Å²) in [6, 6.07) is 16.1. The Bertz CT molecular complexity index is 898. The Kier molecular flexibility index (Phi) is 4.07. The number of nitrogens with zero attached hydrogens (tertiary/aromatic N) is 3. The number of anilines is 1. The number of hydrogen-bond acceptors (Lipinski definition) is 5.